The van der Waals surface area contributed by atoms with E-state index in [1.54, 1.807) is 0 Å². The first kappa shape index (κ1) is 47.0. The second-order valence-electron chi connectivity index (χ2n) is 16.0. The molecule has 0 aliphatic carbocycles. The molecule has 2 N–H and O–H groups in total. The van der Waals surface area contributed by atoms with Crippen molar-refractivity contribution in [1.29, 1.82) is 0 Å². The summed E-state index contributed by atoms with van der Waals surface area (Å²) >= 11 is 0. The molecule has 0 fully saturated rings. The van der Waals surface area contributed by atoms with E-state index in [2.05, 4.69) is 6.92 Å². The average Bonchev–Trinajstić information content (AvgIpc) is 3.08. The maximum absolute atomic E-state index is 5.56. The number of hydrogen-bond donors (Lipinski definition) is 1. The Morgan fingerprint density at radius 3 is 0.383 bits per heavy atom. The highest BCUT2D eigenvalue weighted by Gasteiger charge is 1.98. The lowest BCUT2D eigenvalue weighted by molar-refractivity contribution is 0.508. The molecule has 284 valence electrons. The van der Waals surface area contributed by atoms with Gasteiger partial charge in [-0.1, -0.05) is 283 Å². The maximum Gasteiger partial charge on any atom is -0.00773 e. The van der Waals surface area contributed by atoms with Crippen LogP contribution in [0.1, 0.15) is 289 Å². The third kappa shape index (κ3) is 46.0. The van der Waals surface area contributed by atoms with Gasteiger partial charge in [0.05, 0.1) is 0 Å². The van der Waals surface area contributed by atoms with Gasteiger partial charge in [-0.15, -0.1) is 0 Å². The average molecular weight is 662 g/mol. The molecule has 0 saturated heterocycles. The summed E-state index contributed by atoms with van der Waals surface area (Å²) in [7, 11) is 0. The Hall–Kier alpha value is -0.0400. The molecule has 0 bridgehead atoms. The normalized spacial score (nSPS) is 11.6. The number of unbranched alkanes of at least 4 members (excludes halogenated alkanes) is 43. The minimum atomic E-state index is 0.875. The number of hydrogen-bond acceptors (Lipinski definition) is 1. The summed E-state index contributed by atoms with van der Waals surface area (Å²) < 4.78 is 0. The lowest BCUT2D eigenvalue weighted by atomic mass is 10.0. The molecule has 0 saturated carbocycles. The molecule has 0 spiro atoms. The summed E-state index contributed by atoms with van der Waals surface area (Å²) in [5, 5.41) is 0. The van der Waals surface area contributed by atoms with Crippen LogP contribution in [-0.4, -0.2) is 6.54 Å². The Bertz CT molecular complexity index is 457. The van der Waals surface area contributed by atoms with Crippen molar-refractivity contribution in [3.63, 3.8) is 0 Å². The van der Waals surface area contributed by atoms with Gasteiger partial charge < -0.3 is 5.73 Å². The van der Waals surface area contributed by atoms with Gasteiger partial charge in [0.15, 0.2) is 0 Å². The third-order valence-corrected chi connectivity index (χ3v) is 11.1. The van der Waals surface area contributed by atoms with Crippen molar-refractivity contribution in [2.24, 2.45) is 5.73 Å². The Morgan fingerprint density at radius 2 is 0.277 bits per heavy atom. The quantitative estimate of drug-likeness (QED) is 0.0646. The second kappa shape index (κ2) is 46.0. The van der Waals surface area contributed by atoms with Crippen LogP contribution in [0, 0.1) is 0 Å². The molecule has 0 heterocycles. The molecule has 0 rings (SSSR count). The molecule has 0 unspecified atom stereocenters. The van der Waals surface area contributed by atoms with Crippen LogP contribution in [0.5, 0.6) is 0 Å². The lowest BCUT2D eigenvalue weighted by Gasteiger charge is -2.05. The molecule has 0 aromatic rings. The van der Waals surface area contributed by atoms with Gasteiger partial charge >= 0.3 is 0 Å². The first-order valence-electron chi connectivity index (χ1n) is 23.1. The van der Waals surface area contributed by atoms with Gasteiger partial charge in [-0.05, 0) is 13.0 Å². The molecule has 0 aromatic carbocycles. The molecule has 1 heteroatoms. The minimum Gasteiger partial charge on any atom is -0.330 e. The molecule has 1 nitrogen and oxygen atoms in total. The molecule has 0 aliphatic heterocycles. The second-order valence-corrected chi connectivity index (χ2v) is 16.0. The van der Waals surface area contributed by atoms with Crippen LogP contribution in [0.15, 0.2) is 0 Å². The van der Waals surface area contributed by atoms with E-state index in [1.165, 1.54) is 283 Å². The smallest absolute Gasteiger partial charge is 0.00773 e. The van der Waals surface area contributed by atoms with Crippen molar-refractivity contribution < 1.29 is 0 Å². The molecule has 0 atom stereocenters. The zero-order valence-corrected chi connectivity index (χ0v) is 33.4. The first-order valence-corrected chi connectivity index (χ1v) is 23.1. The van der Waals surface area contributed by atoms with Crippen LogP contribution in [0.4, 0.5) is 0 Å². The summed E-state index contributed by atoms with van der Waals surface area (Å²) in [4.78, 5) is 0. The molecule has 0 aliphatic rings. The molecule has 0 aromatic heterocycles. The van der Waals surface area contributed by atoms with Crippen molar-refractivity contribution in [1.82, 2.24) is 0 Å². The fourth-order valence-electron chi connectivity index (χ4n) is 7.64. The van der Waals surface area contributed by atoms with E-state index in [0.29, 0.717) is 0 Å². The van der Waals surface area contributed by atoms with Crippen LogP contribution in [-0.2, 0) is 0 Å². The highest BCUT2D eigenvalue weighted by Crippen LogP contribution is 2.18. The molecular weight excluding hydrogens is 567 g/mol. The summed E-state index contributed by atoms with van der Waals surface area (Å²) in [6, 6.07) is 0. The van der Waals surface area contributed by atoms with E-state index < -0.39 is 0 Å². The molecule has 47 heavy (non-hydrogen) atoms. The van der Waals surface area contributed by atoms with Gasteiger partial charge in [0.2, 0.25) is 0 Å². The Kier molecular flexibility index (Phi) is 45.9. The van der Waals surface area contributed by atoms with Gasteiger partial charge in [-0.25, -0.2) is 0 Å². The maximum atomic E-state index is 5.56. The van der Waals surface area contributed by atoms with Crippen molar-refractivity contribution in [3.05, 3.63) is 0 Å². The Labute approximate surface area is 301 Å². The van der Waals surface area contributed by atoms with Crippen LogP contribution in [0.3, 0.4) is 0 Å². The van der Waals surface area contributed by atoms with E-state index in [1.807, 2.05) is 0 Å². The van der Waals surface area contributed by atoms with E-state index >= 15 is 0 Å². The fourth-order valence-corrected chi connectivity index (χ4v) is 7.64. The van der Waals surface area contributed by atoms with Crippen LogP contribution in [0.25, 0.3) is 0 Å². The van der Waals surface area contributed by atoms with Gasteiger partial charge in [0, 0.05) is 0 Å². The Morgan fingerprint density at radius 1 is 0.170 bits per heavy atom. The minimum absolute atomic E-state index is 0.875. The van der Waals surface area contributed by atoms with Crippen LogP contribution < -0.4 is 5.73 Å². The predicted molar refractivity (Wildman–Crippen MR) is 218 cm³/mol. The molecule has 0 amide bonds. The highest BCUT2D eigenvalue weighted by molar-refractivity contribution is 4.54. The number of rotatable bonds is 44. The summed E-state index contributed by atoms with van der Waals surface area (Å²) in [5.41, 5.74) is 5.56. The standard InChI is InChI=1S/C46H95N/c1-2-3-4-5-6-7-8-9-10-11-12-13-14-15-16-17-18-19-20-21-22-23-24-25-26-27-28-29-30-31-32-33-34-35-36-37-38-39-40-41-42-43-44-45-46-47/h2-47H2,1H3. The summed E-state index contributed by atoms with van der Waals surface area (Å²) in [5.74, 6) is 0. The Balaban J connectivity index is 3.03. The monoisotopic (exact) mass is 662 g/mol. The van der Waals surface area contributed by atoms with Gasteiger partial charge in [-0.3, -0.25) is 0 Å². The van der Waals surface area contributed by atoms with Crippen LogP contribution in [0.2, 0.25) is 0 Å². The van der Waals surface area contributed by atoms with Crippen molar-refractivity contribution in [2.75, 3.05) is 6.54 Å². The van der Waals surface area contributed by atoms with Crippen molar-refractivity contribution >= 4 is 0 Å². The first-order chi connectivity index (χ1) is 23.4. The zero-order chi connectivity index (χ0) is 33.8. The van der Waals surface area contributed by atoms with E-state index in [9.17, 15) is 0 Å². The SMILES string of the molecule is CCCCCCCCCCCCCCCCCCCCCCCCCCCCCCCCCCCCCCCCCCCCCCN. The summed E-state index contributed by atoms with van der Waals surface area (Å²) in [6.07, 6.45) is 64.8. The third-order valence-electron chi connectivity index (χ3n) is 11.1. The van der Waals surface area contributed by atoms with Gasteiger partial charge in [-0.2, -0.15) is 0 Å². The largest absolute Gasteiger partial charge is 0.330 e. The summed E-state index contributed by atoms with van der Waals surface area (Å²) in [6.45, 7) is 3.19. The topological polar surface area (TPSA) is 26.0 Å². The van der Waals surface area contributed by atoms with E-state index in [0.717, 1.165) is 6.54 Å². The highest BCUT2D eigenvalue weighted by atomic mass is 14.5. The van der Waals surface area contributed by atoms with Gasteiger partial charge in [0.1, 0.15) is 0 Å². The van der Waals surface area contributed by atoms with E-state index in [-0.39, 0.29) is 0 Å². The van der Waals surface area contributed by atoms with E-state index in [4.69, 9.17) is 5.73 Å². The molecule has 0 radical (unpaired) electrons. The molecular formula is C46H95N. The van der Waals surface area contributed by atoms with Crippen LogP contribution >= 0.6 is 0 Å². The van der Waals surface area contributed by atoms with Crippen molar-refractivity contribution in [2.45, 2.75) is 289 Å². The zero-order valence-electron chi connectivity index (χ0n) is 33.4. The van der Waals surface area contributed by atoms with Gasteiger partial charge in [0.25, 0.3) is 0 Å². The van der Waals surface area contributed by atoms with Crippen molar-refractivity contribution in [3.8, 4) is 0 Å². The lowest BCUT2D eigenvalue weighted by Crippen LogP contribution is -1.97. The fraction of sp³-hybridized carbons (Fsp3) is 1.00. The predicted octanol–water partition coefficient (Wildman–Crippen LogP) is 17.1. The number of nitrogens with two attached hydrogens (primary N) is 1.